The molecule has 0 unspecified atom stereocenters. The molecule has 2 saturated heterocycles. The number of hydrogen-bond acceptors (Lipinski definition) is 2. The molecule has 111 valence electrons. The van der Waals surface area contributed by atoms with E-state index in [0.717, 1.165) is 0 Å². The van der Waals surface area contributed by atoms with Gasteiger partial charge in [-0.2, -0.15) is 0 Å². The van der Waals surface area contributed by atoms with Crippen LogP contribution in [0.4, 0.5) is 0 Å². The van der Waals surface area contributed by atoms with Crippen molar-refractivity contribution in [1.82, 2.24) is 9.80 Å². The van der Waals surface area contributed by atoms with Gasteiger partial charge >= 0.3 is 0 Å². The monoisotopic (exact) mass is 257 g/mol. The van der Waals surface area contributed by atoms with Gasteiger partial charge in [-0.3, -0.25) is 0 Å². The van der Waals surface area contributed by atoms with Crippen molar-refractivity contribution in [1.29, 1.82) is 0 Å². The highest BCUT2D eigenvalue weighted by atomic mass is 15.1. The molecular formula is C15H38BN2. The van der Waals surface area contributed by atoms with Crippen molar-refractivity contribution in [3.05, 3.63) is 0 Å². The zero-order valence-electron chi connectivity index (χ0n) is 13.1. The Labute approximate surface area is 120 Å². The molecule has 0 bridgehead atoms. The minimum Gasteiger partial charge on any atom is -0.306 e. The minimum atomic E-state index is 0. The Morgan fingerprint density at radius 1 is 0.556 bits per heavy atom. The van der Waals surface area contributed by atoms with E-state index in [1.165, 1.54) is 51.9 Å². The summed E-state index contributed by atoms with van der Waals surface area (Å²) in [5.74, 6) is 0. The Balaban J connectivity index is -0.0000000787. The second kappa shape index (κ2) is 22.2. The van der Waals surface area contributed by atoms with Crippen LogP contribution in [-0.4, -0.2) is 58.5 Å². The van der Waals surface area contributed by atoms with Crippen LogP contribution in [0, 0.1) is 0 Å². The van der Waals surface area contributed by atoms with Crippen LogP contribution in [0.1, 0.15) is 60.8 Å². The van der Waals surface area contributed by atoms with Gasteiger partial charge in [0, 0.05) is 8.41 Å². The maximum Gasteiger partial charge on any atom is 0 e. The summed E-state index contributed by atoms with van der Waals surface area (Å²) in [5.41, 5.74) is 0. The number of likely N-dealkylation sites (tertiary alicyclic amines) is 2. The van der Waals surface area contributed by atoms with Gasteiger partial charge in [0.15, 0.2) is 0 Å². The Hall–Kier alpha value is -0.0151. The molecule has 0 saturated carbocycles. The van der Waals surface area contributed by atoms with E-state index in [2.05, 4.69) is 23.9 Å². The molecule has 2 aliphatic rings. The molecule has 2 fully saturated rings. The quantitative estimate of drug-likeness (QED) is 0.610. The molecule has 0 aromatic heterocycles. The van der Waals surface area contributed by atoms with Gasteiger partial charge in [0.1, 0.15) is 0 Å². The van der Waals surface area contributed by atoms with E-state index in [1.807, 2.05) is 27.7 Å². The summed E-state index contributed by atoms with van der Waals surface area (Å²) in [4.78, 5) is 4.72. The van der Waals surface area contributed by atoms with E-state index in [4.69, 9.17) is 0 Å². The molecule has 0 aliphatic carbocycles. The summed E-state index contributed by atoms with van der Waals surface area (Å²) in [6.45, 7) is 13.3. The fourth-order valence-electron chi connectivity index (χ4n) is 1.75. The van der Waals surface area contributed by atoms with Crippen LogP contribution in [0.5, 0.6) is 0 Å². The Kier molecular flexibility index (Phi) is 32.7. The second-order valence-corrected chi connectivity index (χ2v) is 4.02. The van der Waals surface area contributed by atoms with Crippen LogP contribution in [0.25, 0.3) is 0 Å². The molecular weight excluding hydrogens is 219 g/mol. The first-order valence-corrected chi connectivity index (χ1v) is 7.16. The predicted octanol–water partition coefficient (Wildman–Crippen LogP) is 3.73. The molecule has 0 aromatic carbocycles. The summed E-state index contributed by atoms with van der Waals surface area (Å²) in [6.07, 6.45) is 5.65. The van der Waals surface area contributed by atoms with Crippen LogP contribution in [0.2, 0.25) is 0 Å². The molecule has 0 amide bonds. The third-order valence-corrected chi connectivity index (χ3v) is 2.66. The lowest BCUT2D eigenvalue weighted by Crippen LogP contribution is -2.10. The molecule has 0 aromatic rings. The lowest BCUT2D eigenvalue weighted by atomic mass is 10.4. The first-order chi connectivity index (χ1) is 7.79. The SMILES string of the molecule is C.CC.CC.CN1CCCC1.CN1CCCC1.[B]. The van der Waals surface area contributed by atoms with Gasteiger partial charge in [-0.15, -0.1) is 0 Å². The number of rotatable bonds is 0. The summed E-state index contributed by atoms with van der Waals surface area (Å²) >= 11 is 0. The summed E-state index contributed by atoms with van der Waals surface area (Å²) in [6, 6.07) is 0. The van der Waals surface area contributed by atoms with Crippen molar-refractivity contribution in [2.24, 2.45) is 0 Å². The molecule has 2 aliphatic heterocycles. The Bertz CT molecular complexity index is 95.1. The van der Waals surface area contributed by atoms with Crippen molar-refractivity contribution >= 4 is 8.41 Å². The fourth-order valence-corrected chi connectivity index (χ4v) is 1.75. The third-order valence-electron chi connectivity index (χ3n) is 2.66. The van der Waals surface area contributed by atoms with Gasteiger partial charge in [-0.25, -0.2) is 0 Å². The molecule has 3 radical (unpaired) electrons. The zero-order valence-corrected chi connectivity index (χ0v) is 13.1. The molecule has 2 nitrogen and oxygen atoms in total. The average molecular weight is 257 g/mol. The van der Waals surface area contributed by atoms with Gasteiger partial charge in [-0.1, -0.05) is 35.1 Å². The largest absolute Gasteiger partial charge is 0.306 e. The van der Waals surface area contributed by atoms with Crippen molar-refractivity contribution in [3.63, 3.8) is 0 Å². The maximum absolute atomic E-state index is 2.36. The lowest BCUT2D eigenvalue weighted by molar-refractivity contribution is 0.418. The number of hydrogen-bond donors (Lipinski definition) is 0. The van der Waals surface area contributed by atoms with Gasteiger partial charge in [0.2, 0.25) is 0 Å². The molecule has 0 spiro atoms. The highest BCUT2D eigenvalue weighted by Gasteiger charge is 2.03. The van der Waals surface area contributed by atoms with Gasteiger partial charge < -0.3 is 9.80 Å². The van der Waals surface area contributed by atoms with Gasteiger partial charge in [-0.05, 0) is 66.0 Å². The summed E-state index contributed by atoms with van der Waals surface area (Å²) < 4.78 is 0. The first kappa shape index (κ1) is 26.5. The van der Waals surface area contributed by atoms with Crippen LogP contribution in [0.3, 0.4) is 0 Å². The van der Waals surface area contributed by atoms with Crippen LogP contribution >= 0.6 is 0 Å². The highest BCUT2D eigenvalue weighted by molar-refractivity contribution is 5.75. The van der Waals surface area contributed by atoms with Gasteiger partial charge in [0.05, 0.1) is 0 Å². The molecule has 2 rings (SSSR count). The molecule has 3 heteroatoms. The predicted molar refractivity (Wildman–Crippen MR) is 88.6 cm³/mol. The van der Waals surface area contributed by atoms with Crippen LogP contribution in [0.15, 0.2) is 0 Å². The van der Waals surface area contributed by atoms with E-state index >= 15 is 0 Å². The second-order valence-electron chi connectivity index (χ2n) is 4.02. The normalized spacial score (nSPS) is 17.7. The fraction of sp³-hybridized carbons (Fsp3) is 1.00. The molecule has 18 heavy (non-hydrogen) atoms. The smallest absolute Gasteiger partial charge is 0 e. The van der Waals surface area contributed by atoms with E-state index in [-0.39, 0.29) is 15.8 Å². The maximum atomic E-state index is 2.36. The van der Waals surface area contributed by atoms with E-state index in [0.29, 0.717) is 0 Å². The zero-order chi connectivity index (χ0) is 12.8. The first-order valence-electron chi connectivity index (χ1n) is 7.16. The Morgan fingerprint density at radius 2 is 0.722 bits per heavy atom. The number of nitrogens with zero attached hydrogens (tertiary/aromatic N) is 2. The average Bonchev–Trinajstić information content (AvgIpc) is 2.98. The van der Waals surface area contributed by atoms with Crippen LogP contribution in [-0.2, 0) is 0 Å². The molecule has 0 N–H and O–H groups in total. The van der Waals surface area contributed by atoms with Crippen LogP contribution < -0.4 is 0 Å². The minimum absolute atomic E-state index is 0. The Morgan fingerprint density at radius 3 is 0.778 bits per heavy atom. The van der Waals surface area contributed by atoms with Crippen molar-refractivity contribution < 1.29 is 0 Å². The van der Waals surface area contributed by atoms with E-state index in [1.54, 1.807) is 0 Å². The van der Waals surface area contributed by atoms with Crippen molar-refractivity contribution in [2.75, 3.05) is 40.3 Å². The van der Waals surface area contributed by atoms with Crippen molar-refractivity contribution in [3.8, 4) is 0 Å². The topological polar surface area (TPSA) is 6.48 Å². The molecule has 2 heterocycles. The molecule has 0 atom stereocenters. The van der Waals surface area contributed by atoms with Crippen molar-refractivity contribution in [2.45, 2.75) is 60.8 Å². The summed E-state index contributed by atoms with van der Waals surface area (Å²) in [5, 5.41) is 0. The summed E-state index contributed by atoms with van der Waals surface area (Å²) in [7, 11) is 4.35. The third kappa shape index (κ3) is 18.4. The van der Waals surface area contributed by atoms with E-state index in [9.17, 15) is 0 Å². The lowest BCUT2D eigenvalue weighted by Gasteiger charge is -2.01. The standard InChI is InChI=1S/2C5H11N.2C2H6.CH4.B/c2*1-6-4-2-3-5-6;2*1-2;;/h2*2-5H2,1H3;2*1-2H3;1H4;. The highest BCUT2D eigenvalue weighted by Crippen LogP contribution is 2.02. The van der Waals surface area contributed by atoms with Gasteiger partial charge in [0.25, 0.3) is 0 Å². The van der Waals surface area contributed by atoms with E-state index < -0.39 is 0 Å².